The minimum Gasteiger partial charge on any atom is -0.379 e. The van der Waals surface area contributed by atoms with Gasteiger partial charge in [0.05, 0.1) is 11.5 Å². The van der Waals surface area contributed by atoms with E-state index in [1.807, 2.05) is 0 Å². The van der Waals surface area contributed by atoms with Crippen LogP contribution in [0.2, 0.25) is 0 Å². The van der Waals surface area contributed by atoms with Crippen LogP contribution in [0.4, 0.5) is 20.2 Å². The molecule has 25 heavy (non-hydrogen) atoms. The molecule has 0 radical (unpaired) electrons. The molecule has 0 bridgehead atoms. The number of carbonyl (C=O) groups is 1. The lowest BCUT2D eigenvalue weighted by atomic mass is 10.2. The SMILES string of the molecule is CN(Cc1nccn1C(F)F)C(=O)CCNc1ccccc1[N+](=O)[O-]. The average Bonchev–Trinajstić information content (AvgIpc) is 3.03. The number of nitro benzene ring substituents is 1. The van der Waals surface area contributed by atoms with E-state index in [0.717, 1.165) is 6.20 Å². The summed E-state index contributed by atoms with van der Waals surface area (Å²) in [7, 11) is 1.48. The minimum atomic E-state index is -2.72. The van der Waals surface area contributed by atoms with E-state index in [4.69, 9.17) is 0 Å². The fourth-order valence-electron chi connectivity index (χ4n) is 2.22. The van der Waals surface area contributed by atoms with Crippen LogP contribution in [0.3, 0.4) is 0 Å². The number of alkyl halides is 2. The lowest BCUT2D eigenvalue weighted by molar-refractivity contribution is -0.384. The molecule has 0 atom stereocenters. The van der Waals surface area contributed by atoms with Gasteiger partial charge in [-0.1, -0.05) is 12.1 Å². The van der Waals surface area contributed by atoms with E-state index in [1.54, 1.807) is 18.2 Å². The lowest BCUT2D eigenvalue weighted by Crippen LogP contribution is -2.29. The maximum Gasteiger partial charge on any atom is 0.319 e. The van der Waals surface area contributed by atoms with E-state index < -0.39 is 11.5 Å². The van der Waals surface area contributed by atoms with Crippen LogP contribution in [0, 0.1) is 10.1 Å². The van der Waals surface area contributed by atoms with Gasteiger partial charge in [0.25, 0.3) is 5.69 Å². The Balaban J connectivity index is 1.88. The number of carbonyl (C=O) groups excluding carboxylic acids is 1. The molecule has 0 saturated carbocycles. The second-order valence-corrected chi connectivity index (χ2v) is 5.23. The molecule has 1 aromatic carbocycles. The number of hydrogen-bond donors (Lipinski definition) is 1. The van der Waals surface area contributed by atoms with Crippen LogP contribution >= 0.6 is 0 Å². The zero-order valence-electron chi connectivity index (χ0n) is 13.4. The third kappa shape index (κ3) is 4.72. The first-order chi connectivity index (χ1) is 11.9. The molecule has 0 spiro atoms. The number of aromatic nitrogens is 2. The summed E-state index contributed by atoms with van der Waals surface area (Å²) in [5.74, 6) is -0.215. The average molecular weight is 353 g/mol. The van der Waals surface area contributed by atoms with Gasteiger partial charge < -0.3 is 10.2 Å². The Kier molecular flexibility index (Phi) is 5.98. The Morgan fingerprint density at radius 1 is 1.44 bits per heavy atom. The van der Waals surface area contributed by atoms with Crippen LogP contribution in [0.5, 0.6) is 0 Å². The molecule has 0 aliphatic carbocycles. The largest absolute Gasteiger partial charge is 0.379 e. The molecule has 0 aliphatic rings. The van der Waals surface area contributed by atoms with Gasteiger partial charge in [0, 0.05) is 38.5 Å². The number of para-hydroxylation sites is 2. The van der Waals surface area contributed by atoms with Crippen molar-refractivity contribution in [3.63, 3.8) is 0 Å². The summed E-state index contributed by atoms with van der Waals surface area (Å²) in [4.78, 5) is 27.6. The predicted molar refractivity (Wildman–Crippen MR) is 86.2 cm³/mol. The summed E-state index contributed by atoms with van der Waals surface area (Å²) >= 11 is 0. The van der Waals surface area contributed by atoms with Crippen molar-refractivity contribution in [1.82, 2.24) is 14.5 Å². The van der Waals surface area contributed by atoms with E-state index in [-0.39, 0.29) is 36.9 Å². The van der Waals surface area contributed by atoms with Crippen molar-refractivity contribution in [3.8, 4) is 0 Å². The van der Waals surface area contributed by atoms with Gasteiger partial charge in [0.2, 0.25) is 5.91 Å². The highest BCUT2D eigenvalue weighted by Gasteiger charge is 2.17. The quantitative estimate of drug-likeness (QED) is 0.582. The Bertz CT molecular complexity index is 750. The highest BCUT2D eigenvalue weighted by molar-refractivity contribution is 5.76. The third-order valence-corrected chi connectivity index (χ3v) is 3.52. The second-order valence-electron chi connectivity index (χ2n) is 5.23. The lowest BCUT2D eigenvalue weighted by Gasteiger charge is -2.18. The number of nitro groups is 1. The fraction of sp³-hybridized carbons (Fsp3) is 0.333. The number of nitrogens with zero attached hydrogens (tertiary/aromatic N) is 4. The van der Waals surface area contributed by atoms with Gasteiger partial charge in [-0.25, -0.2) is 4.98 Å². The number of imidazole rings is 1. The summed E-state index contributed by atoms with van der Waals surface area (Å²) in [5.41, 5.74) is 0.235. The molecule has 2 rings (SSSR count). The summed E-state index contributed by atoms with van der Waals surface area (Å²) in [5, 5.41) is 13.8. The molecule has 1 N–H and O–H groups in total. The molecule has 0 aliphatic heterocycles. The predicted octanol–water partition coefficient (Wildman–Crippen LogP) is 2.65. The molecule has 0 fully saturated rings. The molecule has 8 nitrogen and oxygen atoms in total. The fourth-order valence-corrected chi connectivity index (χ4v) is 2.22. The molecule has 0 saturated heterocycles. The van der Waals surface area contributed by atoms with Crippen LogP contribution in [-0.4, -0.2) is 38.9 Å². The van der Waals surface area contributed by atoms with Crippen molar-refractivity contribution in [1.29, 1.82) is 0 Å². The maximum absolute atomic E-state index is 12.8. The first-order valence-electron chi connectivity index (χ1n) is 7.41. The zero-order chi connectivity index (χ0) is 18.4. The molecule has 1 amide bonds. The summed E-state index contributed by atoms with van der Waals surface area (Å²) < 4.78 is 26.2. The monoisotopic (exact) mass is 353 g/mol. The number of hydrogen-bond acceptors (Lipinski definition) is 5. The Morgan fingerprint density at radius 2 is 2.16 bits per heavy atom. The van der Waals surface area contributed by atoms with Gasteiger partial charge in [-0.15, -0.1) is 0 Å². The molecule has 10 heteroatoms. The van der Waals surface area contributed by atoms with Gasteiger partial charge in [0.1, 0.15) is 11.5 Å². The number of halogens is 2. The van der Waals surface area contributed by atoms with Crippen molar-refractivity contribution in [2.45, 2.75) is 19.5 Å². The van der Waals surface area contributed by atoms with Gasteiger partial charge in [-0.05, 0) is 6.07 Å². The zero-order valence-corrected chi connectivity index (χ0v) is 13.4. The molecule has 1 aromatic heterocycles. The topological polar surface area (TPSA) is 93.3 Å². The summed E-state index contributed by atoms with van der Waals surface area (Å²) in [6.45, 7) is -2.60. The smallest absolute Gasteiger partial charge is 0.319 e. The van der Waals surface area contributed by atoms with Crippen LogP contribution in [-0.2, 0) is 11.3 Å². The van der Waals surface area contributed by atoms with E-state index >= 15 is 0 Å². The molecule has 2 aromatic rings. The highest BCUT2D eigenvalue weighted by Crippen LogP contribution is 2.23. The highest BCUT2D eigenvalue weighted by atomic mass is 19.3. The second kappa shape index (κ2) is 8.18. The number of benzene rings is 1. The number of amides is 1. The minimum absolute atomic E-state index is 0.0535. The van der Waals surface area contributed by atoms with Crippen molar-refractivity contribution >= 4 is 17.3 Å². The number of rotatable bonds is 8. The van der Waals surface area contributed by atoms with Crippen molar-refractivity contribution in [2.24, 2.45) is 0 Å². The Labute approximate surface area is 142 Å². The standard InChI is InChI=1S/C15H17F2N5O3/c1-20(10-13-19-8-9-21(13)15(16)17)14(23)6-7-18-11-4-2-3-5-12(11)22(24)25/h2-5,8-9,15,18H,6-7,10H2,1H3. The van der Waals surface area contributed by atoms with Gasteiger partial charge in [-0.3, -0.25) is 19.5 Å². The Morgan fingerprint density at radius 3 is 2.84 bits per heavy atom. The first kappa shape index (κ1) is 18.3. The van der Waals surface area contributed by atoms with Crippen LogP contribution in [0.25, 0.3) is 0 Å². The number of nitrogens with one attached hydrogen (secondary N) is 1. The van der Waals surface area contributed by atoms with E-state index in [0.29, 0.717) is 10.3 Å². The molecule has 1 heterocycles. The normalized spacial score (nSPS) is 10.7. The van der Waals surface area contributed by atoms with Crippen LogP contribution < -0.4 is 5.32 Å². The van der Waals surface area contributed by atoms with E-state index in [1.165, 1.54) is 24.2 Å². The van der Waals surface area contributed by atoms with Gasteiger partial charge >= 0.3 is 6.55 Å². The van der Waals surface area contributed by atoms with Crippen LogP contribution in [0.1, 0.15) is 18.8 Å². The molecule has 0 unspecified atom stereocenters. The van der Waals surface area contributed by atoms with E-state index in [2.05, 4.69) is 10.3 Å². The first-order valence-corrected chi connectivity index (χ1v) is 7.41. The Hall–Kier alpha value is -3.04. The van der Waals surface area contributed by atoms with Crippen molar-refractivity contribution in [2.75, 3.05) is 18.9 Å². The molecule has 134 valence electrons. The van der Waals surface area contributed by atoms with Gasteiger partial charge in [-0.2, -0.15) is 8.78 Å². The maximum atomic E-state index is 12.8. The van der Waals surface area contributed by atoms with Crippen LogP contribution in [0.15, 0.2) is 36.7 Å². The molecular weight excluding hydrogens is 336 g/mol. The molecular formula is C15H17F2N5O3. The van der Waals surface area contributed by atoms with Crippen molar-refractivity contribution in [3.05, 3.63) is 52.6 Å². The van der Waals surface area contributed by atoms with Crippen molar-refractivity contribution < 1.29 is 18.5 Å². The summed E-state index contributed by atoms with van der Waals surface area (Å²) in [6, 6.07) is 6.10. The number of anilines is 1. The van der Waals surface area contributed by atoms with E-state index in [9.17, 15) is 23.7 Å². The third-order valence-electron chi connectivity index (χ3n) is 3.52. The summed E-state index contributed by atoms with van der Waals surface area (Å²) in [6.07, 6.45) is 2.45. The van der Waals surface area contributed by atoms with Gasteiger partial charge in [0.15, 0.2) is 0 Å².